The first-order valence-electron chi connectivity index (χ1n) is 28.7. The predicted octanol–water partition coefficient (Wildman–Crippen LogP) is 17.5. The van der Waals surface area contributed by atoms with E-state index in [9.17, 15) is 14.3 Å². The predicted molar refractivity (Wildman–Crippen MR) is 296 cm³/mol. The Morgan fingerprint density at radius 1 is 0.449 bits per heavy atom. The first-order chi connectivity index (χ1) is 33.6. The molecule has 9 heteroatoms. The smallest absolute Gasteiger partial charge is 0.306 e. The van der Waals surface area contributed by atoms with Gasteiger partial charge in [-0.05, 0) is 89.9 Å². The zero-order valence-corrected chi connectivity index (χ0v) is 46.6. The number of phosphoric acid groups is 1. The number of allylic oxidation sites excluding steroid dienone is 12. The van der Waals surface area contributed by atoms with Crippen LogP contribution in [0.4, 0.5) is 0 Å². The Labute approximate surface area is 427 Å². The van der Waals surface area contributed by atoms with Crippen LogP contribution in [-0.4, -0.2) is 70.7 Å². The van der Waals surface area contributed by atoms with Gasteiger partial charge in [0.1, 0.15) is 19.3 Å². The normalized spacial score (nSPS) is 14.0. The molecule has 0 rings (SSSR count). The molecule has 0 fully saturated rings. The standard InChI is InChI=1S/C60H110NO7P/c1-6-8-10-12-14-16-18-20-22-24-26-28-30-32-34-36-38-40-42-44-46-48-50-52-55-65-57-59(58-67-69(63,64)66-56-54-61(3,4)5)68-60(62)53-51-49-47-45-43-41-39-37-35-33-31-29-27-25-23-21-19-17-15-13-11-9-7-2/h18-21,24-27,30-33,59H,6-17,22-23,28-29,34-58H2,1-5H3/b20-18-,21-19-,26-24-,27-25-,32-30-,33-31-. The highest BCUT2D eigenvalue weighted by Crippen LogP contribution is 2.38. The lowest BCUT2D eigenvalue weighted by atomic mass is 10.1. The van der Waals surface area contributed by atoms with Crippen molar-refractivity contribution >= 4 is 13.8 Å². The average Bonchev–Trinajstić information content (AvgIpc) is 3.31. The van der Waals surface area contributed by atoms with Gasteiger partial charge in [-0.2, -0.15) is 0 Å². The molecule has 0 aliphatic rings. The highest BCUT2D eigenvalue weighted by molar-refractivity contribution is 7.45. The summed E-state index contributed by atoms with van der Waals surface area (Å²) >= 11 is 0. The molecule has 0 aromatic carbocycles. The monoisotopic (exact) mass is 988 g/mol. The largest absolute Gasteiger partial charge is 0.756 e. The summed E-state index contributed by atoms with van der Waals surface area (Å²) in [5, 5.41) is 0. The Kier molecular flexibility index (Phi) is 50.7. The topological polar surface area (TPSA) is 94.1 Å². The van der Waals surface area contributed by atoms with Crippen molar-refractivity contribution < 1.29 is 37.3 Å². The van der Waals surface area contributed by atoms with E-state index in [1.54, 1.807) is 0 Å². The van der Waals surface area contributed by atoms with E-state index in [1.165, 1.54) is 161 Å². The first kappa shape index (κ1) is 66.9. The van der Waals surface area contributed by atoms with Gasteiger partial charge in [0.2, 0.25) is 0 Å². The lowest BCUT2D eigenvalue weighted by molar-refractivity contribution is -0.870. The highest BCUT2D eigenvalue weighted by Gasteiger charge is 2.20. The van der Waals surface area contributed by atoms with Crippen LogP contribution >= 0.6 is 7.82 Å². The van der Waals surface area contributed by atoms with Crippen molar-refractivity contribution in [3.05, 3.63) is 72.9 Å². The number of rotatable bonds is 53. The van der Waals surface area contributed by atoms with Gasteiger partial charge in [0.15, 0.2) is 0 Å². The van der Waals surface area contributed by atoms with Crippen molar-refractivity contribution in [3.8, 4) is 0 Å². The molecule has 402 valence electrons. The fraction of sp³-hybridized carbons (Fsp3) is 0.783. The summed E-state index contributed by atoms with van der Waals surface area (Å²) in [7, 11) is 1.34. The Bertz CT molecular complexity index is 1330. The number of phosphoric ester groups is 1. The molecule has 0 aliphatic heterocycles. The molecule has 2 atom stereocenters. The number of carbonyl (C=O) groups is 1. The molecule has 0 heterocycles. The second kappa shape index (κ2) is 52.3. The van der Waals surface area contributed by atoms with Crippen LogP contribution in [0.3, 0.4) is 0 Å². The number of hydrogen-bond donors (Lipinski definition) is 0. The number of unbranched alkanes of at least 4 members (excludes halogenated alkanes) is 27. The molecule has 0 spiro atoms. The number of carbonyl (C=O) groups excluding carboxylic acids is 1. The first-order valence-corrected chi connectivity index (χ1v) is 30.1. The van der Waals surface area contributed by atoms with Crippen LogP contribution in [0.2, 0.25) is 0 Å². The van der Waals surface area contributed by atoms with Gasteiger partial charge in [-0.1, -0.05) is 222 Å². The van der Waals surface area contributed by atoms with Crippen molar-refractivity contribution in [3.63, 3.8) is 0 Å². The van der Waals surface area contributed by atoms with Crippen LogP contribution in [-0.2, 0) is 27.9 Å². The maximum atomic E-state index is 12.8. The Morgan fingerprint density at radius 3 is 1.19 bits per heavy atom. The summed E-state index contributed by atoms with van der Waals surface area (Å²) in [5.74, 6) is -0.343. The van der Waals surface area contributed by atoms with E-state index in [1.807, 2.05) is 21.1 Å². The summed E-state index contributed by atoms with van der Waals surface area (Å²) in [4.78, 5) is 25.3. The van der Waals surface area contributed by atoms with Crippen LogP contribution < -0.4 is 4.89 Å². The second-order valence-corrected chi connectivity index (χ2v) is 21.7. The van der Waals surface area contributed by atoms with Gasteiger partial charge in [0.25, 0.3) is 7.82 Å². The summed E-state index contributed by atoms with van der Waals surface area (Å²) < 4.78 is 34.8. The summed E-state index contributed by atoms with van der Waals surface area (Å²) in [6.45, 7) is 5.38. The summed E-state index contributed by atoms with van der Waals surface area (Å²) in [6, 6.07) is 0. The Morgan fingerprint density at radius 2 is 0.797 bits per heavy atom. The van der Waals surface area contributed by atoms with E-state index in [4.69, 9.17) is 18.5 Å². The number of esters is 1. The molecule has 0 saturated heterocycles. The number of nitrogens with zero attached hydrogens (tertiary/aromatic N) is 1. The van der Waals surface area contributed by atoms with Gasteiger partial charge in [-0.15, -0.1) is 0 Å². The van der Waals surface area contributed by atoms with E-state index in [0.717, 1.165) is 64.2 Å². The van der Waals surface area contributed by atoms with Crippen LogP contribution in [0.5, 0.6) is 0 Å². The summed E-state index contributed by atoms with van der Waals surface area (Å²) in [5.41, 5.74) is 0. The van der Waals surface area contributed by atoms with E-state index in [0.29, 0.717) is 24.1 Å². The molecule has 0 aromatic rings. The van der Waals surface area contributed by atoms with Crippen molar-refractivity contribution in [2.45, 2.75) is 251 Å². The maximum absolute atomic E-state index is 12.8. The van der Waals surface area contributed by atoms with E-state index >= 15 is 0 Å². The van der Waals surface area contributed by atoms with Gasteiger partial charge in [0, 0.05) is 13.0 Å². The van der Waals surface area contributed by atoms with Gasteiger partial charge in [-0.3, -0.25) is 9.36 Å². The molecule has 0 saturated carbocycles. The number of hydrogen-bond acceptors (Lipinski definition) is 7. The minimum absolute atomic E-state index is 0.0203. The maximum Gasteiger partial charge on any atom is 0.306 e. The van der Waals surface area contributed by atoms with E-state index in [2.05, 4.69) is 86.8 Å². The number of quaternary nitrogens is 1. The Balaban J connectivity index is 4.13. The minimum atomic E-state index is -4.54. The van der Waals surface area contributed by atoms with Crippen molar-refractivity contribution in [1.29, 1.82) is 0 Å². The minimum Gasteiger partial charge on any atom is -0.756 e. The molecule has 0 bridgehead atoms. The average molecular weight is 989 g/mol. The molecule has 0 radical (unpaired) electrons. The third-order valence-electron chi connectivity index (χ3n) is 12.2. The third kappa shape index (κ3) is 56.7. The summed E-state index contributed by atoms with van der Waals surface area (Å²) in [6.07, 6.45) is 69.3. The molecule has 0 aliphatic carbocycles. The molecule has 8 nitrogen and oxygen atoms in total. The molecular weight excluding hydrogens is 878 g/mol. The number of ether oxygens (including phenoxy) is 2. The zero-order valence-electron chi connectivity index (χ0n) is 45.7. The van der Waals surface area contributed by atoms with Gasteiger partial charge >= 0.3 is 5.97 Å². The van der Waals surface area contributed by atoms with Crippen molar-refractivity contribution in [1.82, 2.24) is 0 Å². The lowest BCUT2D eigenvalue weighted by Gasteiger charge is -2.28. The van der Waals surface area contributed by atoms with E-state index in [-0.39, 0.29) is 25.8 Å². The zero-order chi connectivity index (χ0) is 50.5. The molecule has 2 unspecified atom stereocenters. The SMILES string of the molecule is CCCCCCC/C=C\C/C=C\C/C=C\CCCCCCCCCCCOCC(COP(=O)([O-])OCC[N+](C)(C)C)OC(=O)CCCCCCCCCC/C=C\C/C=C\C/C=C\CCCCCCC. The quantitative estimate of drug-likeness (QED) is 0.0197. The third-order valence-corrected chi connectivity index (χ3v) is 13.2. The van der Waals surface area contributed by atoms with Crippen LogP contribution in [0, 0.1) is 0 Å². The van der Waals surface area contributed by atoms with Gasteiger partial charge < -0.3 is 27.9 Å². The fourth-order valence-corrected chi connectivity index (χ4v) is 8.53. The van der Waals surface area contributed by atoms with E-state index < -0.39 is 13.9 Å². The Hall–Kier alpha value is -2.06. The molecular formula is C60H110NO7P. The van der Waals surface area contributed by atoms with Crippen LogP contribution in [0.25, 0.3) is 0 Å². The second-order valence-electron chi connectivity index (χ2n) is 20.3. The van der Waals surface area contributed by atoms with Gasteiger partial charge in [-0.25, -0.2) is 0 Å². The highest BCUT2D eigenvalue weighted by atomic mass is 31.2. The molecule has 0 N–H and O–H groups in total. The van der Waals surface area contributed by atoms with Crippen LogP contribution in [0.15, 0.2) is 72.9 Å². The fourth-order valence-electron chi connectivity index (χ4n) is 7.80. The van der Waals surface area contributed by atoms with Crippen LogP contribution in [0.1, 0.15) is 245 Å². The molecule has 0 aromatic heterocycles. The molecule has 0 amide bonds. The van der Waals surface area contributed by atoms with Crippen molar-refractivity contribution in [2.24, 2.45) is 0 Å². The number of likely N-dealkylation sites (N-methyl/N-ethyl adjacent to an activating group) is 1. The van der Waals surface area contributed by atoms with Gasteiger partial charge in [0.05, 0.1) is 34.4 Å². The molecule has 69 heavy (non-hydrogen) atoms. The van der Waals surface area contributed by atoms with Crippen molar-refractivity contribution in [2.75, 3.05) is 54.1 Å². The lowest BCUT2D eigenvalue weighted by Crippen LogP contribution is -2.37.